The third-order valence-electron chi connectivity index (χ3n) is 0.862. The molecule has 0 unspecified atom stereocenters. The molecule has 0 aromatic heterocycles. The molecule has 0 atom stereocenters. The summed E-state index contributed by atoms with van der Waals surface area (Å²) >= 11 is 0. The van der Waals surface area contributed by atoms with Gasteiger partial charge >= 0.3 is 7.82 Å². The molecule has 0 saturated carbocycles. The van der Waals surface area contributed by atoms with Crippen LogP contribution in [0.3, 0.4) is 0 Å². The molecule has 0 aromatic carbocycles. The summed E-state index contributed by atoms with van der Waals surface area (Å²) in [6, 6.07) is 0. The predicted octanol–water partition coefficient (Wildman–Crippen LogP) is 4.41. The Balaban J connectivity index is -0.000000264. The third kappa shape index (κ3) is 32.3. The molecule has 0 radical (unpaired) electrons. The van der Waals surface area contributed by atoms with Crippen molar-refractivity contribution in [2.45, 2.75) is 60.1 Å². The Morgan fingerprint density at radius 2 is 0.842 bits per heavy atom. The molecule has 0 heterocycles. The second kappa shape index (κ2) is 16.6. The summed E-state index contributed by atoms with van der Waals surface area (Å²) in [5, 5.41) is 0. The van der Waals surface area contributed by atoms with Crippen LogP contribution in [0.1, 0.15) is 20.8 Å². The summed E-state index contributed by atoms with van der Waals surface area (Å²) in [6.45, 7) is 20.0. The second-order valence-electron chi connectivity index (χ2n) is 5.16. The van der Waals surface area contributed by atoms with Gasteiger partial charge in [-0.1, -0.05) is 39.3 Å². The highest BCUT2D eigenvalue weighted by atomic mass is 31.2. The van der Waals surface area contributed by atoms with Gasteiger partial charge in [0.15, 0.2) is 0 Å². The van der Waals surface area contributed by atoms with Gasteiger partial charge in [0.1, 0.15) is 0 Å². The maximum Gasteiger partial charge on any atom is 0.474 e. The first-order valence-corrected chi connectivity index (χ1v) is 15.6. The molecule has 0 amide bonds. The van der Waals surface area contributed by atoms with Gasteiger partial charge in [0.25, 0.3) is 0 Å². The zero-order valence-electron chi connectivity index (χ0n) is 14.4. The summed E-state index contributed by atoms with van der Waals surface area (Å²) in [5.74, 6) is 0. The minimum Gasteiger partial charge on any atom is -0.287 e. The van der Waals surface area contributed by atoms with E-state index in [4.69, 9.17) is 13.6 Å². The van der Waals surface area contributed by atoms with Crippen molar-refractivity contribution in [1.82, 2.24) is 0 Å². The molecule has 0 fully saturated rings. The van der Waals surface area contributed by atoms with Gasteiger partial charge in [0.2, 0.25) is 0 Å². The van der Waals surface area contributed by atoms with Crippen LogP contribution in [0.5, 0.6) is 0 Å². The molecule has 0 aliphatic heterocycles. The fourth-order valence-corrected chi connectivity index (χ4v) is 1.76. The Labute approximate surface area is 124 Å². The van der Waals surface area contributed by atoms with Crippen molar-refractivity contribution in [1.29, 1.82) is 0 Å². The van der Waals surface area contributed by atoms with Gasteiger partial charge in [-0.05, 0) is 20.8 Å². The summed E-state index contributed by atoms with van der Waals surface area (Å²) in [4.78, 5) is 0. The molecule has 0 rings (SSSR count). The lowest BCUT2D eigenvalue weighted by atomic mass is 10.9. The molecule has 7 heteroatoms. The quantitative estimate of drug-likeness (QED) is 0.534. The van der Waals surface area contributed by atoms with Crippen molar-refractivity contribution < 1.29 is 18.1 Å². The van der Waals surface area contributed by atoms with E-state index in [1.165, 1.54) is 0 Å². The van der Waals surface area contributed by atoms with E-state index in [0.717, 1.165) is 0 Å². The van der Waals surface area contributed by atoms with E-state index >= 15 is 0 Å². The first kappa shape index (κ1) is 24.6. The van der Waals surface area contributed by atoms with Gasteiger partial charge < -0.3 is 0 Å². The summed E-state index contributed by atoms with van der Waals surface area (Å²) in [5.41, 5.74) is 0. The van der Waals surface area contributed by atoms with Crippen LogP contribution >= 0.6 is 7.82 Å². The molecule has 0 bridgehead atoms. The Kier molecular flexibility index (Phi) is 21.5. The van der Waals surface area contributed by atoms with E-state index < -0.39 is 7.82 Å². The first-order valence-electron chi connectivity index (χ1n) is 7.18. The molecule has 0 spiro atoms. The number of hydrogen-bond acceptors (Lipinski definition) is 4. The first-order chi connectivity index (χ1) is 8.65. The van der Waals surface area contributed by atoms with Crippen molar-refractivity contribution in [3.05, 3.63) is 0 Å². The van der Waals surface area contributed by atoms with Gasteiger partial charge in [-0.2, -0.15) is 0 Å². The molecular weight excluding hydrogens is 295 g/mol. The van der Waals surface area contributed by atoms with Crippen LogP contribution in [0.15, 0.2) is 0 Å². The topological polar surface area (TPSA) is 44.8 Å². The Morgan fingerprint density at radius 1 is 0.684 bits per heavy atom. The largest absolute Gasteiger partial charge is 0.474 e. The van der Waals surface area contributed by atoms with Crippen molar-refractivity contribution in [2.24, 2.45) is 0 Å². The van der Waals surface area contributed by atoms with Crippen molar-refractivity contribution in [3.8, 4) is 0 Å². The monoisotopic (exact) mass is 330 g/mol. The highest BCUT2D eigenvalue weighted by Crippen LogP contribution is 2.48. The van der Waals surface area contributed by atoms with Gasteiger partial charge in [-0.3, -0.25) is 13.6 Å². The maximum atomic E-state index is 11.3. The molecule has 0 aliphatic rings. The fraction of sp³-hybridized carbons (Fsp3) is 1.00. The number of hydrogen-bond donors (Lipinski definition) is 0. The zero-order chi connectivity index (χ0) is 15.9. The average Bonchev–Trinajstić information content (AvgIpc) is 2.16. The SMILES string of the molecule is CCOP(=O)(OCC)OCC.C[SiH](C)C.C[SiH](C)C. The van der Waals surface area contributed by atoms with E-state index in [1.54, 1.807) is 20.8 Å². The van der Waals surface area contributed by atoms with Crippen molar-refractivity contribution in [3.63, 3.8) is 0 Å². The molecule has 4 nitrogen and oxygen atoms in total. The van der Waals surface area contributed by atoms with Gasteiger partial charge in [0, 0.05) is 17.6 Å². The fourth-order valence-electron chi connectivity index (χ4n) is 0.586. The van der Waals surface area contributed by atoms with Gasteiger partial charge in [-0.25, -0.2) is 4.57 Å². The number of phosphoric ester groups is 1. The second-order valence-corrected chi connectivity index (χ2v) is 13.8. The average molecular weight is 331 g/mol. The number of phosphoric acid groups is 1. The summed E-state index contributed by atoms with van der Waals surface area (Å²) < 4.78 is 25.8. The lowest BCUT2D eigenvalue weighted by molar-refractivity contribution is 0.126. The van der Waals surface area contributed by atoms with E-state index in [2.05, 4.69) is 39.3 Å². The summed E-state index contributed by atoms with van der Waals surface area (Å²) in [6.07, 6.45) is 0. The highest BCUT2D eigenvalue weighted by molar-refractivity contribution is 7.48. The van der Waals surface area contributed by atoms with Gasteiger partial charge in [0.05, 0.1) is 19.8 Å². The van der Waals surface area contributed by atoms with E-state index in [0.29, 0.717) is 19.8 Å². The highest BCUT2D eigenvalue weighted by Gasteiger charge is 2.23. The molecule has 19 heavy (non-hydrogen) atoms. The van der Waals surface area contributed by atoms with Gasteiger partial charge in [-0.15, -0.1) is 0 Å². The van der Waals surface area contributed by atoms with Crippen LogP contribution in [-0.4, -0.2) is 37.4 Å². The molecule has 0 aliphatic carbocycles. The Morgan fingerprint density at radius 3 is 0.947 bits per heavy atom. The lowest BCUT2D eigenvalue weighted by Gasteiger charge is -2.14. The van der Waals surface area contributed by atoms with Crippen LogP contribution in [-0.2, 0) is 18.1 Å². The third-order valence-corrected chi connectivity index (χ3v) is 2.58. The Hall–Kier alpha value is 0.544. The van der Waals surface area contributed by atoms with Crippen molar-refractivity contribution >= 4 is 25.4 Å². The molecule has 0 aromatic rings. The number of rotatable bonds is 6. The van der Waals surface area contributed by atoms with Crippen LogP contribution < -0.4 is 0 Å². The smallest absolute Gasteiger partial charge is 0.287 e. The minimum absolute atomic E-state index is 0.139. The molecule has 0 N–H and O–H groups in total. The lowest BCUT2D eigenvalue weighted by Crippen LogP contribution is -1.99. The normalized spacial score (nSPS) is 10.7. The van der Waals surface area contributed by atoms with Crippen LogP contribution in [0, 0.1) is 0 Å². The van der Waals surface area contributed by atoms with E-state index in [1.807, 2.05) is 0 Å². The summed E-state index contributed by atoms with van der Waals surface area (Å²) in [7, 11) is -3.50. The Bertz CT molecular complexity index is 179. The standard InChI is InChI=1S/C6H15O4P.2C3H10Si/c1-4-8-11(7,9-5-2)10-6-3;2*1-4(2)3/h4-6H2,1-3H3;2*4H,1-3H3. The molecular formula is C12H35O4PSi2. The maximum absolute atomic E-state index is 11.3. The van der Waals surface area contributed by atoms with E-state index in [-0.39, 0.29) is 17.6 Å². The molecule has 0 saturated heterocycles. The zero-order valence-corrected chi connectivity index (χ0v) is 17.6. The van der Waals surface area contributed by atoms with E-state index in [9.17, 15) is 4.57 Å². The van der Waals surface area contributed by atoms with Crippen LogP contribution in [0.25, 0.3) is 0 Å². The molecule has 120 valence electrons. The van der Waals surface area contributed by atoms with Crippen LogP contribution in [0.4, 0.5) is 0 Å². The predicted molar refractivity (Wildman–Crippen MR) is 92.0 cm³/mol. The van der Waals surface area contributed by atoms with Crippen LogP contribution in [0.2, 0.25) is 39.3 Å². The minimum atomic E-state index is -3.22. The van der Waals surface area contributed by atoms with Crippen molar-refractivity contribution in [2.75, 3.05) is 19.8 Å².